The van der Waals surface area contributed by atoms with E-state index in [0.717, 1.165) is 11.4 Å². The lowest BCUT2D eigenvalue weighted by atomic mass is 10.2. The molecule has 0 bridgehead atoms. The molecule has 0 saturated carbocycles. The molecule has 0 fully saturated rings. The summed E-state index contributed by atoms with van der Waals surface area (Å²) in [6.07, 6.45) is 1.78. The molecule has 0 aromatic carbocycles. The minimum absolute atomic E-state index is 0.986. The lowest BCUT2D eigenvalue weighted by Gasteiger charge is -1.98. The molecular weight excluding hydrogens is 170 g/mol. The van der Waals surface area contributed by atoms with Crippen LogP contribution >= 0.6 is 0 Å². The maximum Gasteiger partial charge on any atom is 0.0656 e. The summed E-state index contributed by atoms with van der Waals surface area (Å²) >= 11 is 0. The zero-order valence-electron chi connectivity index (χ0n) is 9.80. The van der Waals surface area contributed by atoms with Crippen molar-refractivity contribution in [2.45, 2.75) is 27.7 Å². The van der Waals surface area contributed by atoms with Crippen LogP contribution in [0.1, 0.15) is 30.8 Å². The van der Waals surface area contributed by atoms with Gasteiger partial charge in [0.05, 0.1) is 5.69 Å². The van der Waals surface area contributed by atoms with E-state index >= 15 is 0 Å². The van der Waals surface area contributed by atoms with Crippen LogP contribution in [0.15, 0.2) is 31.9 Å². The van der Waals surface area contributed by atoms with Crippen molar-refractivity contribution in [1.82, 2.24) is 4.98 Å². The summed E-state index contributed by atoms with van der Waals surface area (Å²) < 4.78 is 0. The number of pyridine rings is 1. The van der Waals surface area contributed by atoms with Crippen LogP contribution in [-0.2, 0) is 0 Å². The molecule has 0 atom stereocenters. The van der Waals surface area contributed by atoms with Gasteiger partial charge < -0.3 is 0 Å². The monoisotopic (exact) mass is 191 g/mol. The third kappa shape index (κ3) is 5.31. The van der Waals surface area contributed by atoms with Gasteiger partial charge in [-0.15, -0.1) is 13.2 Å². The van der Waals surface area contributed by atoms with Crippen molar-refractivity contribution < 1.29 is 0 Å². The highest BCUT2D eigenvalue weighted by Gasteiger charge is 1.93. The van der Waals surface area contributed by atoms with Crippen molar-refractivity contribution in [3.8, 4) is 0 Å². The Hall–Kier alpha value is -1.37. The average Bonchev–Trinajstić information content (AvgIpc) is 2.27. The lowest BCUT2D eigenvalue weighted by molar-refractivity contribution is 1.15. The first-order valence-corrected chi connectivity index (χ1v) is 4.80. The van der Waals surface area contributed by atoms with Crippen molar-refractivity contribution in [2.75, 3.05) is 0 Å². The van der Waals surface area contributed by atoms with E-state index in [0.29, 0.717) is 0 Å². The Morgan fingerprint density at radius 3 is 2.00 bits per heavy atom. The van der Waals surface area contributed by atoms with Gasteiger partial charge in [0.2, 0.25) is 0 Å². The van der Waals surface area contributed by atoms with Gasteiger partial charge in [-0.05, 0) is 31.6 Å². The fourth-order valence-corrected chi connectivity index (χ4v) is 0.853. The Morgan fingerprint density at radius 2 is 1.64 bits per heavy atom. The molecule has 0 aliphatic heterocycles. The van der Waals surface area contributed by atoms with E-state index in [2.05, 4.69) is 30.8 Å². The van der Waals surface area contributed by atoms with E-state index in [9.17, 15) is 0 Å². The average molecular weight is 191 g/mol. The van der Waals surface area contributed by atoms with Gasteiger partial charge in [0, 0.05) is 5.69 Å². The standard InChI is InChI=1S/C9H11N.C2H6.C2H4/c1-4-9-7(2)5-6-8(3)10-9;2*1-2/h4-6H,1H2,2-3H3;1-2H3;1-2H2. The third-order valence-corrected chi connectivity index (χ3v) is 1.47. The van der Waals surface area contributed by atoms with Gasteiger partial charge >= 0.3 is 0 Å². The molecule has 0 radical (unpaired) electrons. The first-order valence-electron chi connectivity index (χ1n) is 4.80. The van der Waals surface area contributed by atoms with Gasteiger partial charge in [-0.3, -0.25) is 4.98 Å². The van der Waals surface area contributed by atoms with Gasteiger partial charge in [-0.25, -0.2) is 0 Å². The molecule has 1 aromatic rings. The molecule has 1 aromatic heterocycles. The van der Waals surface area contributed by atoms with E-state index in [4.69, 9.17) is 0 Å². The molecule has 0 amide bonds. The fraction of sp³-hybridized carbons (Fsp3) is 0.308. The van der Waals surface area contributed by atoms with Gasteiger partial charge in [0.1, 0.15) is 0 Å². The molecule has 0 saturated heterocycles. The van der Waals surface area contributed by atoms with Crippen LogP contribution in [0.2, 0.25) is 0 Å². The van der Waals surface area contributed by atoms with Crippen LogP contribution in [0.4, 0.5) is 0 Å². The predicted molar refractivity (Wildman–Crippen MR) is 66.4 cm³/mol. The highest BCUT2D eigenvalue weighted by molar-refractivity contribution is 5.46. The highest BCUT2D eigenvalue weighted by Crippen LogP contribution is 2.06. The summed E-state index contributed by atoms with van der Waals surface area (Å²) in [6, 6.07) is 4.06. The van der Waals surface area contributed by atoms with Crippen molar-refractivity contribution in [3.05, 3.63) is 48.8 Å². The number of hydrogen-bond acceptors (Lipinski definition) is 1. The maximum atomic E-state index is 4.27. The Balaban J connectivity index is 0. The van der Waals surface area contributed by atoms with E-state index < -0.39 is 0 Å². The first-order chi connectivity index (χ1) is 6.74. The Kier molecular flexibility index (Phi) is 10.5. The summed E-state index contributed by atoms with van der Waals surface area (Å²) in [5.41, 5.74) is 3.21. The first kappa shape index (κ1) is 15.1. The van der Waals surface area contributed by atoms with Gasteiger partial charge in [-0.1, -0.05) is 26.5 Å². The summed E-state index contributed by atoms with van der Waals surface area (Å²) in [4.78, 5) is 4.27. The minimum atomic E-state index is 0.986. The van der Waals surface area contributed by atoms with E-state index in [1.165, 1.54) is 5.56 Å². The van der Waals surface area contributed by atoms with E-state index in [-0.39, 0.29) is 0 Å². The summed E-state index contributed by atoms with van der Waals surface area (Å²) in [6.45, 7) is 17.7. The molecule has 1 heterocycles. The molecule has 0 unspecified atom stereocenters. The number of rotatable bonds is 1. The molecule has 0 N–H and O–H groups in total. The summed E-state index contributed by atoms with van der Waals surface area (Å²) in [5, 5.41) is 0. The van der Waals surface area contributed by atoms with Crippen LogP contribution in [0, 0.1) is 13.8 Å². The topological polar surface area (TPSA) is 12.9 Å². The molecule has 1 nitrogen and oxygen atoms in total. The zero-order valence-corrected chi connectivity index (χ0v) is 9.80. The van der Waals surface area contributed by atoms with E-state index in [1.807, 2.05) is 33.8 Å². The van der Waals surface area contributed by atoms with Gasteiger partial charge in [-0.2, -0.15) is 0 Å². The van der Waals surface area contributed by atoms with Crippen molar-refractivity contribution >= 4 is 6.08 Å². The van der Waals surface area contributed by atoms with Crippen molar-refractivity contribution in [2.24, 2.45) is 0 Å². The van der Waals surface area contributed by atoms with Crippen LogP contribution in [0.25, 0.3) is 6.08 Å². The molecule has 0 aliphatic rings. The second-order valence-electron chi connectivity index (χ2n) is 2.36. The SMILES string of the molecule is C=C.C=Cc1nc(C)ccc1C.CC. The third-order valence-electron chi connectivity index (χ3n) is 1.47. The summed E-state index contributed by atoms with van der Waals surface area (Å²) in [5.74, 6) is 0. The molecule has 1 heteroatoms. The molecule has 0 spiro atoms. The van der Waals surface area contributed by atoms with E-state index in [1.54, 1.807) is 6.08 Å². The van der Waals surface area contributed by atoms with Gasteiger partial charge in [0.25, 0.3) is 0 Å². The van der Waals surface area contributed by atoms with Crippen LogP contribution in [0.3, 0.4) is 0 Å². The predicted octanol–water partition coefficient (Wildman–Crippen LogP) is 4.17. The smallest absolute Gasteiger partial charge is 0.0656 e. The Bertz CT molecular complexity index is 264. The number of hydrogen-bond donors (Lipinski definition) is 0. The normalized spacial score (nSPS) is 7.43. The van der Waals surface area contributed by atoms with Crippen molar-refractivity contribution in [3.63, 3.8) is 0 Å². The number of aryl methyl sites for hydroxylation is 2. The quantitative estimate of drug-likeness (QED) is 0.607. The van der Waals surface area contributed by atoms with Crippen LogP contribution < -0.4 is 0 Å². The Labute approximate surface area is 88.2 Å². The van der Waals surface area contributed by atoms with Crippen LogP contribution in [0.5, 0.6) is 0 Å². The molecule has 14 heavy (non-hydrogen) atoms. The molecule has 78 valence electrons. The minimum Gasteiger partial charge on any atom is -0.254 e. The molecule has 0 aliphatic carbocycles. The lowest BCUT2D eigenvalue weighted by Crippen LogP contribution is -1.87. The second-order valence-corrected chi connectivity index (χ2v) is 2.36. The highest BCUT2D eigenvalue weighted by atomic mass is 14.7. The largest absolute Gasteiger partial charge is 0.254 e. The zero-order chi connectivity index (χ0) is 11.6. The maximum absolute atomic E-state index is 4.27. The van der Waals surface area contributed by atoms with Crippen LogP contribution in [-0.4, -0.2) is 4.98 Å². The van der Waals surface area contributed by atoms with Crippen molar-refractivity contribution in [1.29, 1.82) is 0 Å². The number of nitrogens with zero attached hydrogens (tertiary/aromatic N) is 1. The number of aromatic nitrogens is 1. The Morgan fingerprint density at radius 1 is 1.14 bits per heavy atom. The molecular formula is C13H21N. The molecule has 1 rings (SSSR count). The fourth-order valence-electron chi connectivity index (χ4n) is 0.853. The summed E-state index contributed by atoms with van der Waals surface area (Å²) in [7, 11) is 0. The second kappa shape index (κ2) is 9.72. The van der Waals surface area contributed by atoms with Gasteiger partial charge in [0.15, 0.2) is 0 Å².